The van der Waals surface area contributed by atoms with Gasteiger partial charge in [-0.15, -0.1) is 0 Å². The van der Waals surface area contributed by atoms with Gasteiger partial charge in [0.05, 0.1) is 48.6 Å². The first kappa shape index (κ1) is 38.0. The third-order valence-electron chi connectivity index (χ3n) is 7.96. The lowest BCUT2D eigenvalue weighted by atomic mass is 9.89. The molecule has 0 saturated heterocycles. The van der Waals surface area contributed by atoms with E-state index < -0.39 is 53.4 Å². The zero-order chi connectivity index (χ0) is 37.5. The van der Waals surface area contributed by atoms with Gasteiger partial charge in [0.25, 0.3) is 5.91 Å². The van der Waals surface area contributed by atoms with Crippen LogP contribution in [0.15, 0.2) is 77.8 Å². The van der Waals surface area contributed by atoms with E-state index in [2.05, 4.69) is 15.0 Å². The van der Waals surface area contributed by atoms with Crippen LogP contribution >= 0.6 is 0 Å². The average molecular weight is 708 g/mol. The summed E-state index contributed by atoms with van der Waals surface area (Å²) in [6, 6.07) is 12.4. The van der Waals surface area contributed by atoms with Gasteiger partial charge in [0, 0.05) is 26.2 Å². The first-order valence-electron chi connectivity index (χ1n) is 15.7. The molecule has 11 nitrogen and oxygen atoms in total. The Kier molecular flexibility index (Phi) is 12.1. The predicted molar refractivity (Wildman–Crippen MR) is 181 cm³/mol. The van der Waals surface area contributed by atoms with Gasteiger partial charge in [0.1, 0.15) is 11.3 Å². The number of halogens is 3. The smallest absolute Gasteiger partial charge is 0.416 e. The molecule has 0 radical (unpaired) electrons. The molecule has 3 aromatic rings. The summed E-state index contributed by atoms with van der Waals surface area (Å²) in [6.45, 7) is 1.72. The molecule has 1 aliphatic heterocycles. The van der Waals surface area contributed by atoms with Crippen LogP contribution in [0.4, 0.5) is 18.9 Å². The molecule has 3 aromatic carbocycles. The van der Waals surface area contributed by atoms with E-state index in [0.717, 1.165) is 19.2 Å². The number of aryl methyl sites for hydroxylation is 1. The second-order valence-electron chi connectivity index (χ2n) is 11.8. The molecule has 0 saturated carbocycles. The van der Waals surface area contributed by atoms with Gasteiger partial charge in [-0.1, -0.05) is 24.3 Å². The maximum atomic E-state index is 13.6. The number of hydrogen-bond donors (Lipinski definition) is 1. The molecule has 14 heteroatoms. The van der Waals surface area contributed by atoms with E-state index in [9.17, 15) is 37.1 Å². The van der Waals surface area contributed by atoms with Gasteiger partial charge >= 0.3 is 24.1 Å². The maximum absolute atomic E-state index is 13.6. The van der Waals surface area contributed by atoms with Crippen molar-refractivity contribution in [1.82, 2.24) is 4.90 Å². The second-order valence-corrected chi connectivity index (χ2v) is 11.8. The summed E-state index contributed by atoms with van der Waals surface area (Å²) in [6.07, 6.45) is -0.651. The molecule has 268 valence electrons. The Morgan fingerprint density at radius 3 is 2.20 bits per heavy atom. The lowest BCUT2D eigenvalue weighted by Crippen LogP contribution is -2.30. The van der Waals surface area contributed by atoms with E-state index in [-0.39, 0.29) is 34.5 Å². The summed E-state index contributed by atoms with van der Waals surface area (Å²) < 4.78 is 54.3. The van der Waals surface area contributed by atoms with E-state index in [1.54, 1.807) is 51.4 Å². The normalized spacial score (nSPS) is 15.3. The number of nitrogens with one attached hydrogen (secondary N) is 1. The average Bonchev–Trinajstić information content (AvgIpc) is 3.10. The molecule has 1 N–H and O–H groups in total. The number of benzene rings is 3. The maximum Gasteiger partial charge on any atom is 0.416 e. The largest absolute Gasteiger partial charge is 0.465 e. The number of hydrogen-bond acceptors (Lipinski definition) is 9. The highest BCUT2D eigenvalue weighted by atomic mass is 19.4. The summed E-state index contributed by atoms with van der Waals surface area (Å²) in [5.41, 5.74) is 1.23. The van der Waals surface area contributed by atoms with Gasteiger partial charge in [-0.2, -0.15) is 13.2 Å². The van der Waals surface area contributed by atoms with E-state index in [1.807, 2.05) is 0 Å². The van der Waals surface area contributed by atoms with Gasteiger partial charge in [0.15, 0.2) is 0 Å². The van der Waals surface area contributed by atoms with Crippen LogP contribution in [0.25, 0.3) is 0 Å². The highest BCUT2D eigenvalue weighted by Crippen LogP contribution is 2.35. The Morgan fingerprint density at radius 1 is 0.882 bits per heavy atom. The molecule has 1 heterocycles. The Hall–Kier alpha value is -5.79. The highest BCUT2D eigenvalue weighted by Gasteiger charge is 2.33. The fourth-order valence-corrected chi connectivity index (χ4v) is 5.31. The summed E-state index contributed by atoms with van der Waals surface area (Å²) in [5.74, 6) is -4.03. The number of ether oxygens (including phenoxy) is 3. The van der Waals surface area contributed by atoms with Crippen LogP contribution in [-0.4, -0.2) is 68.6 Å². The monoisotopic (exact) mass is 707 g/mol. The second kappa shape index (κ2) is 16.3. The number of aliphatic imine (C=N–C) groups is 1. The third-order valence-corrected chi connectivity index (χ3v) is 7.96. The highest BCUT2D eigenvalue weighted by molar-refractivity contribution is 6.05. The number of rotatable bonds is 11. The quantitative estimate of drug-likeness (QED) is 0.183. The van der Waals surface area contributed by atoms with Crippen molar-refractivity contribution in [2.24, 2.45) is 10.9 Å². The van der Waals surface area contributed by atoms with Gasteiger partial charge in [-0.05, 0) is 79.4 Å². The van der Waals surface area contributed by atoms with Crippen molar-refractivity contribution in [3.8, 4) is 5.75 Å². The van der Waals surface area contributed by atoms with Gasteiger partial charge < -0.3 is 24.4 Å². The molecule has 0 fully saturated rings. The van der Waals surface area contributed by atoms with Crippen molar-refractivity contribution in [1.29, 1.82) is 0 Å². The van der Waals surface area contributed by atoms with Crippen LogP contribution in [0.2, 0.25) is 0 Å². The number of carbonyl (C=O) groups excluding carboxylic acids is 5. The Morgan fingerprint density at radius 2 is 1.57 bits per heavy atom. The van der Waals surface area contributed by atoms with E-state index in [4.69, 9.17) is 9.47 Å². The molecule has 2 unspecified atom stereocenters. The molecule has 4 rings (SSSR count). The lowest BCUT2D eigenvalue weighted by molar-refractivity contribution is -0.137. The van der Waals surface area contributed by atoms with Crippen LogP contribution in [-0.2, 0) is 31.7 Å². The van der Waals surface area contributed by atoms with Crippen LogP contribution in [0.3, 0.4) is 0 Å². The predicted octanol–water partition coefficient (Wildman–Crippen LogP) is 6.24. The van der Waals surface area contributed by atoms with Crippen LogP contribution in [0, 0.1) is 5.92 Å². The topological polar surface area (TPSA) is 141 Å². The molecule has 1 aliphatic rings. The van der Waals surface area contributed by atoms with Crippen LogP contribution in [0.1, 0.15) is 73.6 Å². The van der Waals surface area contributed by atoms with Crippen molar-refractivity contribution in [3.63, 3.8) is 0 Å². The minimum Gasteiger partial charge on any atom is -0.465 e. The van der Waals surface area contributed by atoms with Crippen LogP contribution < -0.4 is 10.1 Å². The summed E-state index contributed by atoms with van der Waals surface area (Å²) in [7, 11) is 5.44. The number of methoxy groups -OCH3 is 2. The van der Waals surface area contributed by atoms with Crippen molar-refractivity contribution in [2.45, 2.75) is 38.4 Å². The lowest BCUT2D eigenvalue weighted by Gasteiger charge is -2.25. The fraction of sp³-hybridized carbons (Fsp3) is 0.297. The Bertz CT molecular complexity index is 1880. The van der Waals surface area contributed by atoms with E-state index >= 15 is 0 Å². The van der Waals surface area contributed by atoms with Gasteiger partial charge in [0.2, 0.25) is 5.91 Å². The minimum absolute atomic E-state index is 0.0614. The van der Waals surface area contributed by atoms with Crippen LogP contribution in [0.5, 0.6) is 5.75 Å². The van der Waals surface area contributed by atoms with E-state index in [0.29, 0.717) is 29.7 Å². The summed E-state index contributed by atoms with van der Waals surface area (Å²) in [4.78, 5) is 69.6. The number of anilines is 1. The van der Waals surface area contributed by atoms with Crippen molar-refractivity contribution >= 4 is 41.1 Å². The van der Waals surface area contributed by atoms with Crippen molar-refractivity contribution < 1.29 is 51.4 Å². The zero-order valence-corrected chi connectivity index (χ0v) is 28.5. The SMILES string of the molecule is COC(=O)c1ccc(OC(=O)CCCc2ccc(NC(=O)C3C=CC(C)=NC3c3ccc(C(F)(F)F)cc3)c(C(=O)N(C)C)c2)c(C(=O)OC)c1. The molecule has 0 spiro atoms. The number of alkyl halides is 3. The fourth-order valence-electron chi connectivity index (χ4n) is 5.31. The van der Waals surface area contributed by atoms with Gasteiger partial charge in [-0.3, -0.25) is 19.4 Å². The molecular formula is C37H36F3N3O8. The molecule has 0 aromatic heterocycles. The first-order valence-corrected chi connectivity index (χ1v) is 15.7. The minimum atomic E-state index is -4.51. The number of allylic oxidation sites excluding steroid dienone is 1. The Balaban J connectivity index is 1.47. The third kappa shape index (κ3) is 9.47. The standard InChI is InChI=1S/C37H36F3N3O8/c1-21-9-16-26(32(41-21)23-11-14-25(15-12-23)37(38,39)40)33(45)42-29-17-10-22(19-27(29)34(46)43(2)3)7-6-8-31(44)51-30-18-13-24(35(47)49-4)20-28(30)36(48)50-5/h9-20,26,32H,6-8H2,1-5H3,(H,42,45). The number of nitrogens with zero attached hydrogens (tertiary/aromatic N) is 2. The zero-order valence-electron chi connectivity index (χ0n) is 28.5. The molecule has 2 atom stereocenters. The Labute approximate surface area is 292 Å². The molecule has 0 aliphatic carbocycles. The number of esters is 3. The molecular weight excluding hydrogens is 671 g/mol. The molecule has 0 bridgehead atoms. The number of amides is 2. The number of dihydropyridines is 1. The van der Waals surface area contributed by atoms with Crippen molar-refractivity contribution in [2.75, 3.05) is 33.6 Å². The summed E-state index contributed by atoms with van der Waals surface area (Å²) >= 11 is 0. The van der Waals surface area contributed by atoms with E-state index in [1.165, 1.54) is 42.3 Å². The summed E-state index contributed by atoms with van der Waals surface area (Å²) in [5, 5.41) is 2.80. The molecule has 2 amide bonds. The molecule has 51 heavy (non-hydrogen) atoms. The number of carbonyl (C=O) groups is 5. The van der Waals surface area contributed by atoms with Gasteiger partial charge in [-0.25, -0.2) is 9.59 Å². The van der Waals surface area contributed by atoms with Crippen molar-refractivity contribution in [3.05, 3.63) is 106 Å². The first-order chi connectivity index (χ1) is 24.1.